The van der Waals surface area contributed by atoms with Crippen molar-refractivity contribution in [3.05, 3.63) is 60.2 Å². The van der Waals surface area contributed by atoms with Crippen LogP contribution in [0.25, 0.3) is 27.7 Å². The lowest BCUT2D eigenvalue weighted by molar-refractivity contribution is -0.140. The van der Waals surface area contributed by atoms with E-state index in [2.05, 4.69) is 15.1 Å². The lowest BCUT2D eigenvalue weighted by atomic mass is 10.0. The molecule has 0 spiro atoms. The topological polar surface area (TPSA) is 43.1 Å². The molecule has 4 rings (SSSR count). The van der Waals surface area contributed by atoms with Crippen LogP contribution in [-0.2, 0) is 6.18 Å². The molecule has 0 aliphatic heterocycles. The Hall–Kier alpha value is -2.96. The number of hydrogen-bond acceptors (Lipinski definition) is 3. The highest BCUT2D eigenvalue weighted by Crippen LogP contribution is 2.36. The van der Waals surface area contributed by atoms with Crippen LogP contribution in [0, 0.1) is 6.92 Å². The van der Waals surface area contributed by atoms with Crippen LogP contribution in [0.1, 0.15) is 11.3 Å². The first kappa shape index (κ1) is 14.6. The number of aryl methyl sites for hydroxylation is 1. The Kier molecular flexibility index (Phi) is 3.06. The first-order valence-electron chi connectivity index (χ1n) is 7.21. The van der Waals surface area contributed by atoms with Gasteiger partial charge in [-0.25, -0.2) is 14.5 Å². The van der Waals surface area contributed by atoms with Gasteiger partial charge in [-0.05, 0) is 30.2 Å². The van der Waals surface area contributed by atoms with E-state index in [1.54, 1.807) is 41.2 Å². The molecule has 0 saturated carbocycles. The van der Waals surface area contributed by atoms with Gasteiger partial charge >= 0.3 is 6.18 Å². The summed E-state index contributed by atoms with van der Waals surface area (Å²) in [5.74, 6) is 0. The van der Waals surface area contributed by atoms with Gasteiger partial charge in [-0.2, -0.15) is 18.3 Å². The maximum absolute atomic E-state index is 13.2. The molecule has 0 N–H and O–H groups in total. The minimum atomic E-state index is -4.52. The van der Waals surface area contributed by atoms with Crippen molar-refractivity contribution < 1.29 is 13.2 Å². The molecular formula is C17H11F3N4. The zero-order chi connectivity index (χ0) is 16.9. The van der Waals surface area contributed by atoms with Crippen molar-refractivity contribution in [2.24, 2.45) is 0 Å². The second-order valence-corrected chi connectivity index (χ2v) is 5.53. The Morgan fingerprint density at radius 2 is 1.83 bits per heavy atom. The predicted octanol–water partition coefficient (Wildman–Crippen LogP) is 4.27. The van der Waals surface area contributed by atoms with Gasteiger partial charge in [0.15, 0.2) is 5.65 Å². The van der Waals surface area contributed by atoms with Crippen LogP contribution >= 0.6 is 0 Å². The SMILES string of the molecule is Cc1cnc2c(-c3cc(C(F)(F)F)nc4ccccc34)cnn2c1. The molecule has 3 heterocycles. The molecular weight excluding hydrogens is 317 g/mol. The predicted molar refractivity (Wildman–Crippen MR) is 83.5 cm³/mol. The molecule has 0 bridgehead atoms. The van der Waals surface area contributed by atoms with Gasteiger partial charge in [0.05, 0.1) is 11.7 Å². The summed E-state index contributed by atoms with van der Waals surface area (Å²) in [5.41, 5.74) is 1.73. The average Bonchev–Trinajstić information content (AvgIpc) is 2.95. The van der Waals surface area contributed by atoms with Gasteiger partial charge in [-0.15, -0.1) is 0 Å². The van der Waals surface area contributed by atoms with Crippen LogP contribution in [0.4, 0.5) is 13.2 Å². The van der Waals surface area contributed by atoms with Crippen molar-refractivity contribution in [2.45, 2.75) is 13.1 Å². The second kappa shape index (κ2) is 5.02. The number of halogens is 3. The Labute approximate surface area is 134 Å². The summed E-state index contributed by atoms with van der Waals surface area (Å²) < 4.78 is 41.2. The van der Waals surface area contributed by atoms with Crippen LogP contribution in [0.2, 0.25) is 0 Å². The molecule has 4 nitrogen and oxygen atoms in total. The number of para-hydroxylation sites is 1. The molecule has 0 saturated heterocycles. The van der Waals surface area contributed by atoms with Crippen LogP contribution in [0.3, 0.4) is 0 Å². The van der Waals surface area contributed by atoms with E-state index in [9.17, 15) is 13.2 Å². The molecule has 7 heteroatoms. The summed E-state index contributed by atoms with van der Waals surface area (Å²) in [4.78, 5) is 8.05. The van der Waals surface area contributed by atoms with Crippen LogP contribution < -0.4 is 0 Å². The van der Waals surface area contributed by atoms with E-state index in [-0.39, 0.29) is 5.52 Å². The van der Waals surface area contributed by atoms with E-state index in [0.717, 1.165) is 11.6 Å². The third-order valence-corrected chi connectivity index (χ3v) is 3.78. The van der Waals surface area contributed by atoms with Gasteiger partial charge < -0.3 is 0 Å². The number of fused-ring (bicyclic) bond motifs is 2. The lowest BCUT2D eigenvalue weighted by Gasteiger charge is -2.11. The number of nitrogens with zero attached hydrogens (tertiary/aromatic N) is 4. The minimum Gasteiger partial charge on any atom is -0.243 e. The molecule has 0 amide bonds. The molecule has 0 aliphatic rings. The molecule has 0 radical (unpaired) electrons. The molecule has 0 fully saturated rings. The van der Waals surface area contributed by atoms with Gasteiger partial charge in [-0.1, -0.05) is 18.2 Å². The largest absolute Gasteiger partial charge is 0.433 e. The first-order valence-corrected chi connectivity index (χ1v) is 7.21. The standard InChI is InChI=1S/C17H11F3N4/c1-10-7-21-16-13(8-22-24(16)9-10)12-6-15(17(18,19)20)23-14-5-3-2-4-11(12)14/h2-9H,1H3. The van der Waals surface area contributed by atoms with Crippen molar-refractivity contribution in [1.29, 1.82) is 0 Å². The summed E-state index contributed by atoms with van der Waals surface area (Å²) in [6.45, 7) is 1.87. The number of pyridine rings is 1. The number of rotatable bonds is 1. The molecule has 0 aliphatic carbocycles. The minimum absolute atomic E-state index is 0.286. The molecule has 24 heavy (non-hydrogen) atoms. The Balaban J connectivity index is 2.07. The Morgan fingerprint density at radius 1 is 1.04 bits per heavy atom. The van der Waals surface area contributed by atoms with Crippen molar-refractivity contribution in [1.82, 2.24) is 19.6 Å². The summed E-state index contributed by atoms with van der Waals surface area (Å²) in [6, 6.07) is 7.80. The van der Waals surface area contributed by atoms with Crippen molar-refractivity contribution in [2.75, 3.05) is 0 Å². The van der Waals surface area contributed by atoms with E-state index in [4.69, 9.17) is 0 Å². The quantitative estimate of drug-likeness (QED) is 0.524. The smallest absolute Gasteiger partial charge is 0.243 e. The molecule has 0 unspecified atom stereocenters. The normalized spacial score (nSPS) is 12.2. The average molecular weight is 328 g/mol. The monoisotopic (exact) mass is 328 g/mol. The zero-order valence-corrected chi connectivity index (χ0v) is 12.5. The van der Waals surface area contributed by atoms with Gasteiger partial charge in [0.1, 0.15) is 5.69 Å². The highest BCUT2D eigenvalue weighted by Gasteiger charge is 2.33. The number of alkyl halides is 3. The van der Waals surface area contributed by atoms with E-state index < -0.39 is 11.9 Å². The summed E-state index contributed by atoms with van der Waals surface area (Å²) in [5, 5.41) is 4.83. The fourth-order valence-corrected chi connectivity index (χ4v) is 2.70. The number of hydrogen-bond donors (Lipinski definition) is 0. The highest BCUT2D eigenvalue weighted by atomic mass is 19.4. The molecule has 3 aromatic heterocycles. The van der Waals surface area contributed by atoms with Crippen LogP contribution in [0.5, 0.6) is 0 Å². The zero-order valence-electron chi connectivity index (χ0n) is 12.5. The van der Waals surface area contributed by atoms with E-state index in [1.807, 2.05) is 6.92 Å². The maximum Gasteiger partial charge on any atom is 0.433 e. The third kappa shape index (κ3) is 2.29. The molecule has 0 atom stereocenters. The Morgan fingerprint density at radius 3 is 2.62 bits per heavy atom. The van der Waals surface area contributed by atoms with Crippen LogP contribution in [-0.4, -0.2) is 19.6 Å². The van der Waals surface area contributed by atoms with Gasteiger partial charge in [-0.3, -0.25) is 0 Å². The van der Waals surface area contributed by atoms with Crippen molar-refractivity contribution in [3.63, 3.8) is 0 Å². The third-order valence-electron chi connectivity index (χ3n) is 3.78. The summed E-state index contributed by atoms with van der Waals surface area (Å²) >= 11 is 0. The van der Waals surface area contributed by atoms with E-state index in [0.29, 0.717) is 22.2 Å². The van der Waals surface area contributed by atoms with Crippen LogP contribution in [0.15, 0.2) is 48.9 Å². The number of benzene rings is 1. The second-order valence-electron chi connectivity index (χ2n) is 5.53. The van der Waals surface area contributed by atoms with Crippen molar-refractivity contribution >= 4 is 16.6 Å². The first-order chi connectivity index (χ1) is 11.4. The fourth-order valence-electron chi connectivity index (χ4n) is 2.70. The fraction of sp³-hybridized carbons (Fsp3) is 0.118. The van der Waals surface area contributed by atoms with Gasteiger partial charge in [0.2, 0.25) is 0 Å². The van der Waals surface area contributed by atoms with E-state index >= 15 is 0 Å². The van der Waals surface area contributed by atoms with Gasteiger partial charge in [0.25, 0.3) is 0 Å². The lowest BCUT2D eigenvalue weighted by Crippen LogP contribution is -2.08. The molecule has 1 aromatic carbocycles. The number of aromatic nitrogens is 4. The highest BCUT2D eigenvalue weighted by molar-refractivity contribution is 5.98. The van der Waals surface area contributed by atoms with Crippen molar-refractivity contribution in [3.8, 4) is 11.1 Å². The summed E-state index contributed by atoms with van der Waals surface area (Å²) in [7, 11) is 0. The van der Waals surface area contributed by atoms with E-state index in [1.165, 1.54) is 6.20 Å². The Bertz CT molecular complexity index is 1070. The summed E-state index contributed by atoms with van der Waals surface area (Å²) in [6.07, 6.45) is 0.448. The van der Waals surface area contributed by atoms with Gasteiger partial charge in [0, 0.05) is 23.3 Å². The molecule has 120 valence electrons. The maximum atomic E-state index is 13.2. The molecule has 4 aromatic rings.